The van der Waals surface area contributed by atoms with Crippen molar-refractivity contribution >= 4 is 45.8 Å². The summed E-state index contributed by atoms with van der Waals surface area (Å²) in [6.45, 7) is 3.25. The highest BCUT2D eigenvalue weighted by atomic mass is 127. The maximum atomic E-state index is 11.3. The van der Waals surface area contributed by atoms with E-state index < -0.39 is 0 Å². The van der Waals surface area contributed by atoms with E-state index in [0.717, 1.165) is 21.0 Å². The van der Waals surface area contributed by atoms with Gasteiger partial charge in [0.05, 0.1) is 4.91 Å². The first-order valence-electron chi connectivity index (χ1n) is 4.85. The zero-order valence-electron chi connectivity index (χ0n) is 9.45. The van der Waals surface area contributed by atoms with Crippen LogP contribution in [0.25, 0.3) is 0 Å². The fraction of sp³-hybridized carbons (Fsp3) is 0.167. The van der Waals surface area contributed by atoms with E-state index in [9.17, 15) is 4.79 Å². The van der Waals surface area contributed by atoms with Crippen LogP contribution in [0.3, 0.4) is 0 Å². The van der Waals surface area contributed by atoms with Gasteiger partial charge in [-0.2, -0.15) is 5.26 Å². The molecular formula is C12H11IN2OS. The fourth-order valence-corrected chi connectivity index (χ4v) is 2.06. The van der Waals surface area contributed by atoms with Gasteiger partial charge in [0, 0.05) is 15.0 Å². The summed E-state index contributed by atoms with van der Waals surface area (Å²) in [4.78, 5) is 11.8. The van der Waals surface area contributed by atoms with Crippen LogP contribution >= 0.6 is 34.4 Å². The number of benzene rings is 1. The van der Waals surface area contributed by atoms with E-state index >= 15 is 0 Å². The van der Waals surface area contributed by atoms with E-state index in [0.29, 0.717) is 10.6 Å². The molecule has 0 radical (unpaired) electrons. The van der Waals surface area contributed by atoms with Crippen LogP contribution in [0, 0.1) is 14.2 Å². The van der Waals surface area contributed by atoms with E-state index in [1.807, 2.05) is 29.7 Å². The summed E-state index contributed by atoms with van der Waals surface area (Å²) < 4.78 is 1.15. The molecule has 0 spiro atoms. The van der Waals surface area contributed by atoms with Gasteiger partial charge in [-0.05, 0) is 72.5 Å². The van der Waals surface area contributed by atoms with Gasteiger partial charge in [-0.15, -0.1) is 0 Å². The number of thioether (sulfide) groups is 1. The van der Waals surface area contributed by atoms with Crippen molar-refractivity contribution in [2.45, 2.75) is 13.8 Å². The van der Waals surface area contributed by atoms with Gasteiger partial charge in [0.25, 0.3) is 0 Å². The Kier molecular flexibility index (Phi) is 5.51. The molecule has 0 aliphatic rings. The number of ketones is 1. The molecule has 3 nitrogen and oxygen atoms in total. The number of hydrogen-bond donors (Lipinski definition) is 1. The molecule has 0 bridgehead atoms. The first-order chi connectivity index (χ1) is 8.04. The molecule has 0 fully saturated rings. The Morgan fingerprint density at radius 1 is 1.35 bits per heavy atom. The topological polar surface area (TPSA) is 52.9 Å². The molecule has 0 atom stereocenters. The Morgan fingerprint density at radius 3 is 2.41 bits per heavy atom. The second kappa shape index (κ2) is 6.67. The summed E-state index contributed by atoms with van der Waals surface area (Å²) in [5.74, 6) is -0.105. The Hall–Kier alpha value is -1.000. The minimum Gasteiger partial charge on any atom is -0.358 e. The third-order valence-corrected chi connectivity index (χ3v) is 3.59. The number of thiocyanates is 1. The molecule has 17 heavy (non-hydrogen) atoms. The normalized spacial score (nSPS) is 11.4. The number of anilines is 1. The SMILES string of the molecule is CC(=O)/C(SC#N)=C(/C)Nc1ccc(I)cc1. The summed E-state index contributed by atoms with van der Waals surface area (Å²) in [6.07, 6.45) is 0. The quantitative estimate of drug-likeness (QED) is 0.506. The van der Waals surface area contributed by atoms with Crippen LogP contribution in [-0.2, 0) is 4.79 Å². The highest BCUT2D eigenvalue weighted by Crippen LogP contribution is 2.21. The van der Waals surface area contributed by atoms with Gasteiger partial charge in [-0.3, -0.25) is 4.79 Å². The van der Waals surface area contributed by atoms with Gasteiger partial charge in [0.2, 0.25) is 0 Å². The van der Waals surface area contributed by atoms with Crippen LogP contribution in [0.2, 0.25) is 0 Å². The predicted octanol–water partition coefficient (Wildman–Crippen LogP) is 3.74. The number of nitriles is 1. The first kappa shape index (κ1) is 14.1. The summed E-state index contributed by atoms with van der Waals surface area (Å²) in [7, 11) is 0. The van der Waals surface area contributed by atoms with Gasteiger partial charge in [-0.25, -0.2) is 0 Å². The van der Waals surface area contributed by atoms with Gasteiger partial charge in [-0.1, -0.05) is 0 Å². The number of hydrogen-bond acceptors (Lipinski definition) is 4. The minimum absolute atomic E-state index is 0.105. The van der Waals surface area contributed by atoms with Gasteiger partial charge >= 0.3 is 0 Å². The molecule has 1 N–H and O–H groups in total. The first-order valence-corrected chi connectivity index (χ1v) is 6.74. The molecule has 0 aliphatic carbocycles. The van der Waals surface area contributed by atoms with Crippen LogP contribution in [0.5, 0.6) is 0 Å². The van der Waals surface area contributed by atoms with Gasteiger partial charge in [0.15, 0.2) is 5.78 Å². The Bertz CT molecular complexity index is 488. The lowest BCUT2D eigenvalue weighted by Gasteiger charge is -2.09. The van der Waals surface area contributed by atoms with Crippen molar-refractivity contribution < 1.29 is 4.79 Å². The molecule has 0 aliphatic heterocycles. The highest BCUT2D eigenvalue weighted by molar-refractivity contribution is 14.1. The number of carbonyl (C=O) groups excluding carboxylic acids is 1. The summed E-state index contributed by atoms with van der Waals surface area (Å²) >= 11 is 3.11. The lowest BCUT2D eigenvalue weighted by Crippen LogP contribution is -2.03. The number of halogens is 1. The minimum atomic E-state index is -0.105. The maximum Gasteiger partial charge on any atom is 0.168 e. The molecule has 0 amide bonds. The second-order valence-electron chi connectivity index (χ2n) is 3.34. The summed E-state index contributed by atoms with van der Waals surface area (Å²) in [5, 5.41) is 13.7. The van der Waals surface area contributed by atoms with E-state index in [-0.39, 0.29) is 5.78 Å². The molecule has 0 heterocycles. The molecule has 1 aromatic rings. The highest BCUT2D eigenvalue weighted by Gasteiger charge is 2.09. The molecule has 5 heteroatoms. The van der Waals surface area contributed by atoms with Crippen molar-refractivity contribution in [3.8, 4) is 5.40 Å². The molecule has 0 saturated heterocycles. The molecule has 0 unspecified atom stereocenters. The number of rotatable bonds is 4. The van der Waals surface area contributed by atoms with Crippen molar-refractivity contribution in [2.75, 3.05) is 5.32 Å². The van der Waals surface area contributed by atoms with Crippen LogP contribution in [0.4, 0.5) is 5.69 Å². The number of allylic oxidation sites excluding steroid dienone is 2. The van der Waals surface area contributed by atoms with Crippen LogP contribution in [0.1, 0.15) is 13.8 Å². The van der Waals surface area contributed by atoms with Crippen molar-refractivity contribution in [2.24, 2.45) is 0 Å². The van der Waals surface area contributed by atoms with Crippen molar-refractivity contribution in [3.05, 3.63) is 38.4 Å². The van der Waals surface area contributed by atoms with Crippen LogP contribution in [0.15, 0.2) is 34.9 Å². The monoisotopic (exact) mass is 358 g/mol. The molecule has 1 rings (SSSR count). The van der Waals surface area contributed by atoms with E-state index in [2.05, 4.69) is 27.9 Å². The largest absolute Gasteiger partial charge is 0.358 e. The van der Waals surface area contributed by atoms with Crippen LogP contribution in [-0.4, -0.2) is 5.78 Å². The molecular weight excluding hydrogens is 347 g/mol. The number of Topliss-reactive ketones (excluding diaryl/α,β-unsaturated/α-hetero) is 1. The lowest BCUT2D eigenvalue weighted by molar-refractivity contribution is -0.113. The zero-order valence-corrected chi connectivity index (χ0v) is 12.4. The number of carbonyl (C=O) groups is 1. The van der Waals surface area contributed by atoms with Crippen molar-refractivity contribution in [1.82, 2.24) is 0 Å². The smallest absolute Gasteiger partial charge is 0.168 e. The standard InChI is InChI=1S/C12H11IN2OS/c1-8(12(9(2)16)17-7-14)15-11-5-3-10(13)4-6-11/h3-6,15H,1-2H3/b12-8+. The molecule has 1 aromatic carbocycles. The van der Waals surface area contributed by atoms with Crippen molar-refractivity contribution in [1.29, 1.82) is 5.26 Å². The molecule has 0 saturated carbocycles. The van der Waals surface area contributed by atoms with E-state index in [1.165, 1.54) is 6.92 Å². The van der Waals surface area contributed by atoms with E-state index in [1.54, 1.807) is 6.92 Å². The van der Waals surface area contributed by atoms with E-state index in [4.69, 9.17) is 5.26 Å². The zero-order chi connectivity index (χ0) is 12.8. The summed E-state index contributed by atoms with van der Waals surface area (Å²) in [5.41, 5.74) is 1.60. The second-order valence-corrected chi connectivity index (χ2v) is 5.38. The third kappa shape index (κ3) is 4.40. The number of nitrogens with zero attached hydrogens (tertiary/aromatic N) is 1. The van der Waals surface area contributed by atoms with Gasteiger partial charge in [0.1, 0.15) is 5.40 Å². The fourth-order valence-electron chi connectivity index (χ4n) is 1.26. The predicted molar refractivity (Wildman–Crippen MR) is 79.4 cm³/mol. The Labute approximate surface area is 118 Å². The average molecular weight is 358 g/mol. The molecule has 0 aromatic heterocycles. The van der Waals surface area contributed by atoms with Crippen LogP contribution < -0.4 is 5.32 Å². The Balaban J connectivity index is 2.92. The summed E-state index contributed by atoms with van der Waals surface area (Å²) in [6, 6.07) is 7.81. The molecule has 88 valence electrons. The van der Waals surface area contributed by atoms with Gasteiger partial charge < -0.3 is 5.32 Å². The number of nitrogens with one attached hydrogen (secondary N) is 1. The maximum absolute atomic E-state index is 11.3. The van der Waals surface area contributed by atoms with Crippen molar-refractivity contribution in [3.63, 3.8) is 0 Å². The Morgan fingerprint density at radius 2 is 1.94 bits per heavy atom. The lowest BCUT2D eigenvalue weighted by atomic mass is 10.3. The third-order valence-electron chi connectivity index (χ3n) is 1.98. The average Bonchev–Trinajstić information content (AvgIpc) is 2.28.